The van der Waals surface area contributed by atoms with E-state index in [-0.39, 0.29) is 5.91 Å². The molecule has 27 heavy (non-hydrogen) atoms. The van der Waals surface area contributed by atoms with E-state index in [9.17, 15) is 4.79 Å². The number of halogens is 1. The fourth-order valence-electron chi connectivity index (χ4n) is 3.28. The quantitative estimate of drug-likeness (QED) is 0.563. The summed E-state index contributed by atoms with van der Waals surface area (Å²) in [5.41, 5.74) is 5.66. The standard InChI is InChI=1S/C20H18ClN5O/c1-3-12-6-7-13(21)9-14(12)15-10-16(25-18(15)20(27)22-2)19-17-5-4-8-26(17)24-11-23-19/h4-11,25H,3H2,1-2H3,(H,22,27). The zero-order valence-electron chi connectivity index (χ0n) is 15.0. The summed E-state index contributed by atoms with van der Waals surface area (Å²) < 4.78 is 1.75. The molecule has 3 heterocycles. The lowest BCUT2D eigenvalue weighted by atomic mass is 9.97. The van der Waals surface area contributed by atoms with Crippen molar-refractivity contribution in [3.8, 4) is 22.5 Å². The molecule has 0 radical (unpaired) electrons. The van der Waals surface area contributed by atoms with Gasteiger partial charge >= 0.3 is 0 Å². The molecule has 3 aromatic heterocycles. The van der Waals surface area contributed by atoms with Gasteiger partial charge in [-0.3, -0.25) is 4.79 Å². The Morgan fingerprint density at radius 3 is 2.89 bits per heavy atom. The van der Waals surface area contributed by atoms with Crippen molar-refractivity contribution in [1.29, 1.82) is 0 Å². The van der Waals surface area contributed by atoms with Crippen LogP contribution in [0, 0.1) is 0 Å². The second-order valence-corrected chi connectivity index (χ2v) is 6.59. The lowest BCUT2D eigenvalue weighted by molar-refractivity contribution is 0.0959. The number of nitrogens with one attached hydrogen (secondary N) is 2. The largest absolute Gasteiger partial charge is 0.354 e. The number of carbonyl (C=O) groups is 1. The summed E-state index contributed by atoms with van der Waals surface area (Å²) in [6.45, 7) is 2.08. The van der Waals surface area contributed by atoms with Crippen LogP contribution < -0.4 is 5.32 Å². The first-order valence-electron chi connectivity index (χ1n) is 8.65. The molecular weight excluding hydrogens is 362 g/mol. The van der Waals surface area contributed by atoms with Crippen LogP contribution in [0.3, 0.4) is 0 Å². The third-order valence-electron chi connectivity index (χ3n) is 4.60. The summed E-state index contributed by atoms with van der Waals surface area (Å²) >= 11 is 6.24. The van der Waals surface area contributed by atoms with Gasteiger partial charge in [0.25, 0.3) is 5.91 Å². The average molecular weight is 380 g/mol. The van der Waals surface area contributed by atoms with Gasteiger partial charge < -0.3 is 10.3 Å². The van der Waals surface area contributed by atoms with Gasteiger partial charge in [0.2, 0.25) is 0 Å². The van der Waals surface area contributed by atoms with Gasteiger partial charge in [0, 0.05) is 23.8 Å². The van der Waals surface area contributed by atoms with Crippen LogP contribution in [0.15, 0.2) is 48.9 Å². The molecule has 136 valence electrons. The van der Waals surface area contributed by atoms with Gasteiger partial charge in [-0.2, -0.15) is 5.10 Å². The highest BCUT2D eigenvalue weighted by atomic mass is 35.5. The number of amides is 1. The van der Waals surface area contributed by atoms with E-state index in [2.05, 4.69) is 27.3 Å². The van der Waals surface area contributed by atoms with E-state index in [0.717, 1.165) is 40.0 Å². The van der Waals surface area contributed by atoms with Crippen molar-refractivity contribution < 1.29 is 4.79 Å². The molecule has 0 aliphatic rings. The second-order valence-electron chi connectivity index (χ2n) is 6.15. The van der Waals surface area contributed by atoms with Gasteiger partial charge in [-0.05, 0) is 47.9 Å². The molecule has 0 saturated carbocycles. The lowest BCUT2D eigenvalue weighted by Gasteiger charge is -2.09. The molecule has 0 bridgehead atoms. The molecule has 6 nitrogen and oxygen atoms in total. The second kappa shape index (κ2) is 6.89. The van der Waals surface area contributed by atoms with Crippen molar-refractivity contribution in [1.82, 2.24) is 24.9 Å². The molecule has 1 amide bonds. The molecule has 0 saturated heterocycles. The van der Waals surface area contributed by atoms with Crippen LogP contribution in [0.1, 0.15) is 23.0 Å². The Hall–Kier alpha value is -3.12. The number of hydrogen-bond acceptors (Lipinski definition) is 3. The van der Waals surface area contributed by atoms with Gasteiger partial charge in [-0.25, -0.2) is 9.50 Å². The first kappa shape index (κ1) is 17.3. The molecular formula is C20H18ClN5O. The van der Waals surface area contributed by atoms with E-state index in [0.29, 0.717) is 10.7 Å². The highest BCUT2D eigenvalue weighted by Gasteiger charge is 2.20. The van der Waals surface area contributed by atoms with Gasteiger partial charge in [-0.1, -0.05) is 24.6 Å². The van der Waals surface area contributed by atoms with E-state index in [1.165, 1.54) is 6.33 Å². The van der Waals surface area contributed by atoms with Crippen LogP contribution in [-0.4, -0.2) is 32.5 Å². The zero-order chi connectivity index (χ0) is 19.0. The monoisotopic (exact) mass is 379 g/mol. The minimum absolute atomic E-state index is 0.196. The Morgan fingerprint density at radius 1 is 1.26 bits per heavy atom. The van der Waals surface area contributed by atoms with E-state index in [1.54, 1.807) is 11.6 Å². The Bertz CT molecular complexity index is 1140. The van der Waals surface area contributed by atoms with Crippen molar-refractivity contribution in [2.45, 2.75) is 13.3 Å². The Kier molecular flexibility index (Phi) is 4.41. The number of nitrogens with zero attached hydrogens (tertiary/aromatic N) is 3. The van der Waals surface area contributed by atoms with Crippen LogP contribution in [0.25, 0.3) is 28.0 Å². The summed E-state index contributed by atoms with van der Waals surface area (Å²) in [4.78, 5) is 20.2. The molecule has 4 rings (SSSR count). The highest BCUT2D eigenvalue weighted by molar-refractivity contribution is 6.31. The van der Waals surface area contributed by atoms with Gasteiger partial charge in [0.1, 0.15) is 17.7 Å². The molecule has 0 fully saturated rings. The van der Waals surface area contributed by atoms with Crippen LogP contribution in [-0.2, 0) is 6.42 Å². The number of carbonyl (C=O) groups excluding carboxylic acids is 1. The Balaban J connectivity index is 1.97. The van der Waals surface area contributed by atoms with Gasteiger partial charge in [0.05, 0.1) is 11.2 Å². The third-order valence-corrected chi connectivity index (χ3v) is 4.84. The Labute approximate surface area is 161 Å². The number of benzene rings is 1. The minimum atomic E-state index is -0.196. The maximum absolute atomic E-state index is 12.5. The van der Waals surface area contributed by atoms with Crippen LogP contribution in [0.4, 0.5) is 0 Å². The number of H-pyrrole nitrogens is 1. The van der Waals surface area contributed by atoms with E-state index in [1.807, 2.05) is 42.6 Å². The lowest BCUT2D eigenvalue weighted by Crippen LogP contribution is -2.19. The number of rotatable bonds is 4. The van der Waals surface area contributed by atoms with Crippen molar-refractivity contribution in [2.24, 2.45) is 0 Å². The van der Waals surface area contributed by atoms with E-state index in [4.69, 9.17) is 11.6 Å². The summed E-state index contributed by atoms with van der Waals surface area (Å²) in [7, 11) is 1.61. The fourth-order valence-corrected chi connectivity index (χ4v) is 3.45. The van der Waals surface area contributed by atoms with Crippen molar-refractivity contribution in [3.63, 3.8) is 0 Å². The topological polar surface area (TPSA) is 75.1 Å². The van der Waals surface area contributed by atoms with Crippen molar-refractivity contribution in [2.75, 3.05) is 7.05 Å². The number of fused-ring (bicyclic) bond motifs is 1. The summed E-state index contributed by atoms with van der Waals surface area (Å²) in [5.74, 6) is -0.196. The molecule has 0 spiro atoms. The van der Waals surface area contributed by atoms with Crippen molar-refractivity contribution >= 4 is 23.0 Å². The third kappa shape index (κ3) is 2.98. The zero-order valence-corrected chi connectivity index (χ0v) is 15.7. The molecule has 4 aromatic rings. The van der Waals surface area contributed by atoms with Gasteiger partial charge in [-0.15, -0.1) is 0 Å². The smallest absolute Gasteiger partial charge is 0.268 e. The summed E-state index contributed by atoms with van der Waals surface area (Å²) in [5, 5.41) is 7.53. The number of hydrogen-bond donors (Lipinski definition) is 2. The molecule has 7 heteroatoms. The SMILES string of the molecule is CCc1ccc(Cl)cc1-c1cc(-c2ncnn3cccc23)[nH]c1C(=O)NC. The molecule has 0 aliphatic heterocycles. The maximum atomic E-state index is 12.5. The van der Waals surface area contributed by atoms with E-state index >= 15 is 0 Å². The minimum Gasteiger partial charge on any atom is -0.354 e. The van der Waals surface area contributed by atoms with Crippen LogP contribution in [0.2, 0.25) is 5.02 Å². The molecule has 0 unspecified atom stereocenters. The normalized spacial score (nSPS) is 11.1. The average Bonchev–Trinajstić information content (AvgIpc) is 3.34. The predicted octanol–water partition coefficient (Wildman–Crippen LogP) is 3.97. The molecule has 1 aromatic carbocycles. The summed E-state index contributed by atoms with van der Waals surface area (Å²) in [6.07, 6.45) is 4.19. The summed E-state index contributed by atoms with van der Waals surface area (Å²) in [6, 6.07) is 11.5. The first-order valence-corrected chi connectivity index (χ1v) is 9.02. The van der Waals surface area contributed by atoms with Crippen molar-refractivity contribution in [3.05, 3.63) is 65.2 Å². The molecule has 0 aliphatic carbocycles. The Morgan fingerprint density at radius 2 is 2.11 bits per heavy atom. The highest BCUT2D eigenvalue weighted by Crippen LogP contribution is 2.34. The number of aromatic nitrogens is 4. The van der Waals surface area contributed by atoms with Gasteiger partial charge in [0.15, 0.2) is 0 Å². The maximum Gasteiger partial charge on any atom is 0.268 e. The van der Waals surface area contributed by atoms with Crippen LogP contribution in [0.5, 0.6) is 0 Å². The fraction of sp³-hybridized carbons (Fsp3) is 0.150. The first-order chi connectivity index (χ1) is 13.1. The van der Waals surface area contributed by atoms with E-state index < -0.39 is 0 Å². The predicted molar refractivity (Wildman–Crippen MR) is 106 cm³/mol. The van der Waals surface area contributed by atoms with Crippen LogP contribution >= 0.6 is 11.6 Å². The molecule has 0 atom stereocenters. The number of aryl methyl sites for hydroxylation is 1. The molecule has 2 N–H and O–H groups in total. The number of aromatic amines is 1.